The van der Waals surface area contributed by atoms with Crippen LogP contribution >= 0.6 is 0 Å². The van der Waals surface area contributed by atoms with Crippen molar-refractivity contribution in [3.63, 3.8) is 0 Å². The van der Waals surface area contributed by atoms with E-state index in [-0.39, 0.29) is 5.60 Å². The highest BCUT2D eigenvalue weighted by Crippen LogP contribution is 2.43. The van der Waals surface area contributed by atoms with E-state index in [9.17, 15) is 0 Å². The maximum Gasteiger partial charge on any atom is 0.129 e. The highest BCUT2D eigenvalue weighted by molar-refractivity contribution is 6.08. The molecule has 31 heavy (non-hydrogen) atoms. The van der Waals surface area contributed by atoms with Gasteiger partial charge in [-0.1, -0.05) is 24.3 Å². The van der Waals surface area contributed by atoms with Crippen molar-refractivity contribution < 1.29 is 9.47 Å². The average molecular weight is 412 g/mol. The molecule has 1 aliphatic heterocycles. The molecule has 0 amide bonds. The molecule has 0 radical (unpaired) electrons. The van der Waals surface area contributed by atoms with Crippen molar-refractivity contribution >= 4 is 21.7 Å². The number of pyridine rings is 1. The first kappa shape index (κ1) is 20.0. The number of benzene rings is 3. The van der Waals surface area contributed by atoms with Gasteiger partial charge in [-0.2, -0.15) is 0 Å². The minimum Gasteiger partial charge on any atom is -0.493 e. The molecule has 158 valence electrons. The third-order valence-electron chi connectivity index (χ3n) is 6.41. The predicted molar refractivity (Wildman–Crippen MR) is 128 cm³/mol. The van der Waals surface area contributed by atoms with Gasteiger partial charge in [0.05, 0.1) is 24.3 Å². The topological polar surface area (TPSA) is 31.4 Å². The van der Waals surface area contributed by atoms with Crippen molar-refractivity contribution in [3.05, 3.63) is 70.9 Å². The van der Waals surface area contributed by atoms with Gasteiger partial charge in [-0.25, -0.2) is 0 Å². The lowest BCUT2D eigenvalue weighted by molar-refractivity contribution is -0.0149. The van der Waals surface area contributed by atoms with Gasteiger partial charge in [0, 0.05) is 23.6 Å². The third-order valence-corrected chi connectivity index (χ3v) is 6.41. The lowest BCUT2D eigenvalue weighted by Gasteiger charge is -2.25. The van der Waals surface area contributed by atoms with Crippen molar-refractivity contribution in [2.75, 3.05) is 6.61 Å². The molecule has 2 heterocycles. The van der Waals surface area contributed by atoms with Crippen LogP contribution in [0.5, 0.6) is 5.75 Å². The van der Waals surface area contributed by atoms with Crippen LogP contribution in [0.15, 0.2) is 48.7 Å². The van der Waals surface area contributed by atoms with Crippen molar-refractivity contribution in [1.82, 2.24) is 4.98 Å². The minimum absolute atomic E-state index is 0.213. The second kappa shape index (κ2) is 7.35. The Labute approximate surface area is 184 Å². The minimum atomic E-state index is -0.213. The quantitative estimate of drug-likeness (QED) is 0.366. The van der Waals surface area contributed by atoms with E-state index in [2.05, 4.69) is 77.1 Å². The van der Waals surface area contributed by atoms with Gasteiger partial charge in [-0.3, -0.25) is 4.98 Å². The standard InChI is InChI=1S/C28H29NO2/c1-17-18(2)23(16-31-28(3,4)5)26(21-9-7-6-8-20(17)21)22-10-11-24-25-19(13-15-30-24)12-14-29-27(22)25/h6-12,14H,13,15-16H2,1-5H3. The molecule has 0 saturated heterocycles. The van der Waals surface area contributed by atoms with Crippen molar-refractivity contribution in [2.45, 2.75) is 53.2 Å². The number of hydrogen-bond acceptors (Lipinski definition) is 3. The molecule has 3 aromatic carbocycles. The largest absolute Gasteiger partial charge is 0.493 e. The first-order chi connectivity index (χ1) is 14.8. The highest BCUT2D eigenvalue weighted by atomic mass is 16.5. The highest BCUT2D eigenvalue weighted by Gasteiger charge is 2.23. The molecule has 5 rings (SSSR count). The number of nitrogens with zero attached hydrogens (tertiary/aromatic N) is 1. The summed E-state index contributed by atoms with van der Waals surface area (Å²) in [5.74, 6) is 0.939. The molecular weight excluding hydrogens is 382 g/mol. The fourth-order valence-electron chi connectivity index (χ4n) is 4.69. The summed E-state index contributed by atoms with van der Waals surface area (Å²) in [6, 6.07) is 15.1. The summed E-state index contributed by atoms with van der Waals surface area (Å²) in [6.45, 7) is 12.0. The molecule has 0 aliphatic carbocycles. The fraction of sp³-hybridized carbons (Fsp3) is 0.321. The van der Waals surface area contributed by atoms with E-state index in [0.29, 0.717) is 6.61 Å². The van der Waals surface area contributed by atoms with E-state index in [1.807, 2.05) is 6.20 Å². The van der Waals surface area contributed by atoms with Crippen LogP contribution in [0.1, 0.15) is 43.0 Å². The smallest absolute Gasteiger partial charge is 0.129 e. The molecule has 3 nitrogen and oxygen atoms in total. The number of fused-ring (bicyclic) bond motifs is 1. The first-order valence-electron chi connectivity index (χ1n) is 11.0. The SMILES string of the molecule is Cc1c(COC(C)(C)C)c(-c2ccc3c4c(ccnc24)CCO3)c2ccccc2c1C. The number of rotatable bonds is 3. The van der Waals surface area contributed by atoms with E-state index < -0.39 is 0 Å². The summed E-state index contributed by atoms with van der Waals surface area (Å²) < 4.78 is 12.3. The van der Waals surface area contributed by atoms with Crippen molar-refractivity contribution in [3.8, 4) is 16.9 Å². The number of aromatic nitrogens is 1. The zero-order chi connectivity index (χ0) is 21.8. The molecule has 0 bridgehead atoms. The second-order valence-corrected chi connectivity index (χ2v) is 9.45. The van der Waals surface area contributed by atoms with E-state index in [1.165, 1.54) is 38.6 Å². The van der Waals surface area contributed by atoms with Gasteiger partial charge in [-0.05, 0) is 91.4 Å². The third kappa shape index (κ3) is 3.37. The van der Waals surface area contributed by atoms with E-state index >= 15 is 0 Å². The molecule has 0 fully saturated rings. The van der Waals surface area contributed by atoms with Crippen LogP contribution in [-0.2, 0) is 17.8 Å². The van der Waals surface area contributed by atoms with E-state index in [4.69, 9.17) is 14.5 Å². The summed E-state index contributed by atoms with van der Waals surface area (Å²) in [7, 11) is 0. The summed E-state index contributed by atoms with van der Waals surface area (Å²) in [6.07, 6.45) is 2.86. The van der Waals surface area contributed by atoms with Gasteiger partial charge in [0.1, 0.15) is 5.75 Å². The maximum atomic E-state index is 6.31. The molecule has 0 unspecified atom stereocenters. The van der Waals surface area contributed by atoms with Gasteiger partial charge in [0.2, 0.25) is 0 Å². The van der Waals surface area contributed by atoms with Crippen LogP contribution in [0.4, 0.5) is 0 Å². The molecule has 4 aromatic rings. The summed E-state index contributed by atoms with van der Waals surface area (Å²) in [5, 5.41) is 3.68. The molecule has 0 atom stereocenters. The fourth-order valence-corrected chi connectivity index (χ4v) is 4.69. The van der Waals surface area contributed by atoms with E-state index in [1.54, 1.807) is 0 Å². The van der Waals surface area contributed by atoms with Gasteiger partial charge in [-0.15, -0.1) is 0 Å². The number of ether oxygens (including phenoxy) is 2. The summed E-state index contributed by atoms with van der Waals surface area (Å²) in [5.41, 5.74) is 8.33. The Kier molecular flexibility index (Phi) is 4.75. The summed E-state index contributed by atoms with van der Waals surface area (Å²) in [4.78, 5) is 4.85. The second-order valence-electron chi connectivity index (χ2n) is 9.45. The Morgan fingerprint density at radius 3 is 2.52 bits per heavy atom. The lowest BCUT2D eigenvalue weighted by atomic mass is 9.85. The lowest BCUT2D eigenvalue weighted by Crippen LogP contribution is -2.19. The zero-order valence-corrected chi connectivity index (χ0v) is 19.0. The van der Waals surface area contributed by atoms with Gasteiger partial charge < -0.3 is 9.47 Å². The van der Waals surface area contributed by atoms with Gasteiger partial charge in [0.25, 0.3) is 0 Å². The van der Waals surface area contributed by atoms with Crippen LogP contribution in [0.25, 0.3) is 32.8 Å². The molecule has 0 saturated carbocycles. The predicted octanol–water partition coefficient (Wildman–Crippen LogP) is 6.92. The Bertz CT molecular complexity index is 1300. The molecule has 1 aromatic heterocycles. The Balaban J connectivity index is 1.87. The van der Waals surface area contributed by atoms with E-state index in [0.717, 1.165) is 35.2 Å². The molecule has 0 spiro atoms. The monoisotopic (exact) mass is 411 g/mol. The molecular formula is C28H29NO2. The Morgan fingerprint density at radius 1 is 0.968 bits per heavy atom. The van der Waals surface area contributed by atoms with Crippen LogP contribution in [0, 0.1) is 13.8 Å². The normalized spacial score (nSPS) is 13.6. The van der Waals surface area contributed by atoms with Crippen LogP contribution in [0.2, 0.25) is 0 Å². The molecule has 0 N–H and O–H groups in total. The number of aryl methyl sites for hydroxylation is 1. The van der Waals surface area contributed by atoms with Crippen LogP contribution < -0.4 is 4.74 Å². The Morgan fingerprint density at radius 2 is 1.74 bits per heavy atom. The van der Waals surface area contributed by atoms with Gasteiger partial charge >= 0.3 is 0 Å². The van der Waals surface area contributed by atoms with Gasteiger partial charge in [0.15, 0.2) is 0 Å². The number of hydrogen-bond donors (Lipinski definition) is 0. The van der Waals surface area contributed by atoms with Crippen LogP contribution in [0.3, 0.4) is 0 Å². The maximum absolute atomic E-state index is 6.31. The van der Waals surface area contributed by atoms with Crippen LogP contribution in [-0.4, -0.2) is 17.2 Å². The van der Waals surface area contributed by atoms with Crippen molar-refractivity contribution in [2.24, 2.45) is 0 Å². The average Bonchev–Trinajstić information content (AvgIpc) is 2.76. The first-order valence-corrected chi connectivity index (χ1v) is 11.0. The Hall–Kier alpha value is -2.91. The zero-order valence-electron chi connectivity index (χ0n) is 19.0. The summed E-state index contributed by atoms with van der Waals surface area (Å²) >= 11 is 0. The molecule has 1 aliphatic rings. The van der Waals surface area contributed by atoms with Crippen molar-refractivity contribution in [1.29, 1.82) is 0 Å². The molecule has 3 heteroatoms.